The number of nitrogens with one attached hydrogen (secondary N) is 1. The third-order valence-electron chi connectivity index (χ3n) is 4.88. The quantitative estimate of drug-likeness (QED) is 0.853. The minimum Gasteiger partial charge on any atom is -0.398 e. The largest absolute Gasteiger partial charge is 0.398 e. The fourth-order valence-electron chi connectivity index (χ4n) is 3.63. The normalized spacial score (nSPS) is 15.5. The molecular weight excluding hydrogens is 272 g/mol. The summed E-state index contributed by atoms with van der Waals surface area (Å²) < 4.78 is 2.34. The monoisotopic (exact) mass is 300 g/mol. The van der Waals surface area contributed by atoms with Crippen LogP contribution in [0.25, 0.3) is 11.0 Å². The second-order valence-corrected chi connectivity index (χ2v) is 6.50. The third kappa shape index (κ3) is 2.84. The van der Waals surface area contributed by atoms with Gasteiger partial charge in [-0.15, -0.1) is 0 Å². The highest BCUT2D eigenvalue weighted by molar-refractivity contribution is 5.91. The smallest absolute Gasteiger partial charge is 0.142 e. The first-order chi connectivity index (χ1) is 10.7. The first-order valence-corrected chi connectivity index (χ1v) is 8.64. The van der Waals surface area contributed by atoms with E-state index in [2.05, 4.69) is 22.9 Å². The fourth-order valence-corrected chi connectivity index (χ4v) is 3.63. The van der Waals surface area contributed by atoms with Crippen molar-refractivity contribution >= 4 is 16.7 Å². The van der Waals surface area contributed by atoms with Gasteiger partial charge in [0, 0.05) is 29.0 Å². The molecule has 0 unspecified atom stereocenters. The van der Waals surface area contributed by atoms with E-state index in [0.29, 0.717) is 0 Å². The molecule has 0 saturated heterocycles. The number of pyridine rings is 1. The van der Waals surface area contributed by atoms with Crippen LogP contribution in [-0.2, 0) is 19.4 Å². The van der Waals surface area contributed by atoms with E-state index in [9.17, 15) is 0 Å². The van der Waals surface area contributed by atoms with Crippen LogP contribution in [0, 0.1) is 6.92 Å². The zero-order valence-corrected chi connectivity index (χ0v) is 13.9. The predicted molar refractivity (Wildman–Crippen MR) is 93.3 cm³/mol. The molecule has 0 fully saturated rings. The summed E-state index contributed by atoms with van der Waals surface area (Å²) in [6.07, 6.45) is 8.41. The van der Waals surface area contributed by atoms with Crippen LogP contribution in [0.15, 0.2) is 6.07 Å². The Morgan fingerprint density at radius 3 is 2.77 bits per heavy atom. The number of nitrogens with zero attached hydrogens (tertiary/aromatic N) is 2. The van der Waals surface area contributed by atoms with Crippen LogP contribution in [0.3, 0.4) is 0 Å². The average Bonchev–Trinajstić information content (AvgIpc) is 2.78. The standard InChI is InChI=1S/C18H28N4/c1-13-12-15-17(19)14-8-5-3-4-6-9-16(14)21-18(15)22(13)11-7-10-20-2/h12,20H,3-11H2,1-2H3,(H2,19,21). The highest BCUT2D eigenvalue weighted by Gasteiger charge is 2.18. The van der Waals surface area contributed by atoms with Gasteiger partial charge in [0.05, 0.1) is 0 Å². The Bertz CT molecular complexity index is 657. The minimum absolute atomic E-state index is 0.984. The topological polar surface area (TPSA) is 55.9 Å². The van der Waals surface area contributed by atoms with Crippen molar-refractivity contribution in [3.63, 3.8) is 0 Å². The molecule has 4 heteroatoms. The van der Waals surface area contributed by atoms with Crippen molar-refractivity contribution in [3.05, 3.63) is 23.0 Å². The Kier molecular flexibility index (Phi) is 4.67. The van der Waals surface area contributed by atoms with Gasteiger partial charge in [-0.2, -0.15) is 0 Å². The highest BCUT2D eigenvalue weighted by Crippen LogP contribution is 2.32. The van der Waals surface area contributed by atoms with Crippen LogP contribution < -0.4 is 11.1 Å². The first kappa shape index (κ1) is 15.3. The molecule has 2 aromatic rings. The van der Waals surface area contributed by atoms with E-state index in [-0.39, 0.29) is 0 Å². The molecule has 22 heavy (non-hydrogen) atoms. The van der Waals surface area contributed by atoms with E-state index in [4.69, 9.17) is 10.7 Å². The van der Waals surface area contributed by atoms with Crippen LogP contribution >= 0.6 is 0 Å². The third-order valence-corrected chi connectivity index (χ3v) is 4.88. The molecule has 4 nitrogen and oxygen atoms in total. The van der Waals surface area contributed by atoms with Crippen molar-refractivity contribution in [1.82, 2.24) is 14.9 Å². The van der Waals surface area contributed by atoms with E-state index in [1.807, 2.05) is 7.05 Å². The van der Waals surface area contributed by atoms with Crippen molar-refractivity contribution in [2.24, 2.45) is 0 Å². The second kappa shape index (κ2) is 6.69. The average molecular weight is 300 g/mol. The molecule has 3 N–H and O–H groups in total. The molecule has 0 aromatic carbocycles. The number of fused-ring (bicyclic) bond motifs is 2. The molecule has 2 heterocycles. The lowest BCUT2D eigenvalue weighted by molar-refractivity contribution is 0.603. The summed E-state index contributed by atoms with van der Waals surface area (Å²) in [6, 6.07) is 2.22. The van der Waals surface area contributed by atoms with Crippen molar-refractivity contribution in [3.8, 4) is 0 Å². The van der Waals surface area contributed by atoms with Crippen molar-refractivity contribution < 1.29 is 0 Å². The molecule has 0 atom stereocenters. The van der Waals surface area contributed by atoms with Gasteiger partial charge < -0.3 is 15.6 Å². The van der Waals surface area contributed by atoms with Gasteiger partial charge in [0.15, 0.2) is 0 Å². The number of hydrogen-bond acceptors (Lipinski definition) is 3. The maximum absolute atomic E-state index is 6.53. The van der Waals surface area contributed by atoms with Gasteiger partial charge in [-0.25, -0.2) is 4.98 Å². The van der Waals surface area contributed by atoms with Gasteiger partial charge in [-0.1, -0.05) is 12.8 Å². The molecule has 0 aliphatic heterocycles. The van der Waals surface area contributed by atoms with E-state index in [0.717, 1.165) is 49.1 Å². The summed E-state index contributed by atoms with van der Waals surface area (Å²) in [5, 5.41) is 4.37. The lowest BCUT2D eigenvalue weighted by Crippen LogP contribution is -2.13. The summed E-state index contributed by atoms with van der Waals surface area (Å²) in [6.45, 7) is 4.19. The Balaban J connectivity index is 2.05. The summed E-state index contributed by atoms with van der Waals surface area (Å²) in [7, 11) is 2.00. The summed E-state index contributed by atoms with van der Waals surface area (Å²) in [4.78, 5) is 5.04. The van der Waals surface area contributed by atoms with Gasteiger partial charge in [-0.05, 0) is 64.3 Å². The van der Waals surface area contributed by atoms with Crippen LogP contribution in [0.4, 0.5) is 5.69 Å². The Morgan fingerprint density at radius 2 is 2.00 bits per heavy atom. The fraction of sp³-hybridized carbons (Fsp3) is 0.611. The molecular formula is C18H28N4. The predicted octanol–water partition coefficient (Wildman–Crippen LogP) is 3.20. The van der Waals surface area contributed by atoms with E-state index >= 15 is 0 Å². The number of hydrogen-bond donors (Lipinski definition) is 2. The summed E-state index contributed by atoms with van der Waals surface area (Å²) in [5.74, 6) is 0. The lowest BCUT2D eigenvalue weighted by atomic mass is 9.95. The van der Waals surface area contributed by atoms with Crippen LogP contribution in [0.5, 0.6) is 0 Å². The summed E-state index contributed by atoms with van der Waals surface area (Å²) in [5.41, 5.74) is 12.4. The zero-order valence-electron chi connectivity index (χ0n) is 13.9. The number of rotatable bonds is 4. The van der Waals surface area contributed by atoms with Gasteiger partial charge >= 0.3 is 0 Å². The molecule has 0 amide bonds. The molecule has 1 aliphatic carbocycles. The van der Waals surface area contributed by atoms with Gasteiger partial charge in [0.1, 0.15) is 5.65 Å². The van der Waals surface area contributed by atoms with Crippen molar-refractivity contribution in [2.75, 3.05) is 19.3 Å². The molecule has 120 valence electrons. The Labute approximate surface area is 133 Å². The molecule has 1 aliphatic rings. The number of nitrogens with two attached hydrogens (primary N) is 1. The van der Waals surface area contributed by atoms with Crippen LogP contribution in [0.1, 0.15) is 49.1 Å². The highest BCUT2D eigenvalue weighted by atomic mass is 15.1. The van der Waals surface area contributed by atoms with Gasteiger partial charge in [0.2, 0.25) is 0 Å². The van der Waals surface area contributed by atoms with Crippen molar-refractivity contribution in [1.29, 1.82) is 0 Å². The molecule has 0 bridgehead atoms. The van der Waals surface area contributed by atoms with Crippen LogP contribution in [0.2, 0.25) is 0 Å². The van der Waals surface area contributed by atoms with E-state index < -0.39 is 0 Å². The SMILES string of the molecule is CNCCCn1c(C)cc2c(N)c3c(nc21)CCCCCC3. The van der Waals surface area contributed by atoms with Gasteiger partial charge in [0.25, 0.3) is 0 Å². The first-order valence-electron chi connectivity index (χ1n) is 8.64. The Hall–Kier alpha value is -1.55. The molecule has 0 spiro atoms. The number of aryl methyl sites for hydroxylation is 3. The summed E-state index contributed by atoms with van der Waals surface area (Å²) >= 11 is 0. The zero-order chi connectivity index (χ0) is 15.5. The van der Waals surface area contributed by atoms with Crippen LogP contribution in [-0.4, -0.2) is 23.1 Å². The van der Waals surface area contributed by atoms with E-state index in [1.165, 1.54) is 42.6 Å². The molecule has 0 saturated carbocycles. The number of nitrogen functional groups attached to an aromatic ring is 1. The van der Waals surface area contributed by atoms with Gasteiger partial charge in [-0.3, -0.25) is 0 Å². The van der Waals surface area contributed by atoms with E-state index in [1.54, 1.807) is 0 Å². The maximum atomic E-state index is 6.53. The molecule has 0 radical (unpaired) electrons. The minimum atomic E-state index is 0.984. The second-order valence-electron chi connectivity index (χ2n) is 6.50. The van der Waals surface area contributed by atoms with Crippen molar-refractivity contribution in [2.45, 2.75) is 58.4 Å². The molecule has 2 aromatic heterocycles. The lowest BCUT2D eigenvalue weighted by Gasteiger charge is -2.16. The number of anilines is 1. The maximum Gasteiger partial charge on any atom is 0.142 e. The number of aromatic nitrogens is 2. The molecule has 3 rings (SSSR count). The Morgan fingerprint density at radius 1 is 1.23 bits per heavy atom.